The predicted octanol–water partition coefficient (Wildman–Crippen LogP) is 3.60. The second-order valence-electron chi connectivity index (χ2n) is 5.30. The van der Waals surface area contributed by atoms with Crippen molar-refractivity contribution in [3.8, 4) is 0 Å². The van der Waals surface area contributed by atoms with Gasteiger partial charge in [0.2, 0.25) is 0 Å². The Kier molecular flexibility index (Phi) is 7.72. The Morgan fingerprint density at radius 1 is 0.947 bits per heavy atom. The molecule has 0 saturated carbocycles. The van der Waals surface area contributed by atoms with E-state index in [0.29, 0.717) is 12.8 Å². The van der Waals surface area contributed by atoms with Gasteiger partial charge in [-0.2, -0.15) is 5.06 Å². The zero-order valence-corrected chi connectivity index (χ0v) is 12.3. The van der Waals surface area contributed by atoms with E-state index in [1.807, 2.05) is 0 Å². The van der Waals surface area contributed by atoms with Gasteiger partial charge in [-0.3, -0.25) is 14.4 Å². The number of hydrogen-bond donors (Lipinski definition) is 0. The van der Waals surface area contributed by atoms with Crippen molar-refractivity contribution in [2.45, 2.75) is 84.2 Å². The van der Waals surface area contributed by atoms with Crippen molar-refractivity contribution in [3.63, 3.8) is 0 Å². The molecule has 1 aliphatic heterocycles. The fraction of sp³-hybridized carbons (Fsp3) is 0.867. The lowest BCUT2D eigenvalue weighted by Crippen LogP contribution is -2.34. The van der Waals surface area contributed by atoms with Crippen LogP contribution in [0, 0.1) is 0 Å². The van der Waals surface area contributed by atoms with E-state index in [4.69, 9.17) is 4.84 Å². The molecule has 0 aromatic carbocycles. The quantitative estimate of drug-likeness (QED) is 0.449. The van der Waals surface area contributed by atoms with Crippen LogP contribution in [-0.2, 0) is 14.4 Å². The first-order valence-electron chi connectivity index (χ1n) is 7.71. The maximum atomic E-state index is 11.6. The first kappa shape index (κ1) is 16.2. The standard InChI is InChI=1S/C15H27NO3/c1-3-5-7-9-13(10-8-6-4-2)19-16-14(17)11-12-15(16)18/h13H,3-12H2,1-2H3. The van der Waals surface area contributed by atoms with Crippen molar-refractivity contribution >= 4 is 11.8 Å². The van der Waals surface area contributed by atoms with Crippen molar-refractivity contribution in [1.29, 1.82) is 0 Å². The number of hydroxylamine groups is 2. The molecule has 1 fully saturated rings. The van der Waals surface area contributed by atoms with E-state index in [0.717, 1.165) is 30.7 Å². The molecule has 2 amide bonds. The van der Waals surface area contributed by atoms with Crippen LogP contribution in [0.2, 0.25) is 0 Å². The smallest absolute Gasteiger partial charge is 0.254 e. The molecule has 1 rings (SSSR count). The Hall–Kier alpha value is -0.900. The molecule has 1 aliphatic rings. The minimum absolute atomic E-state index is 0.0177. The van der Waals surface area contributed by atoms with Crippen LogP contribution in [0.5, 0.6) is 0 Å². The third-order valence-corrected chi connectivity index (χ3v) is 3.52. The van der Waals surface area contributed by atoms with E-state index >= 15 is 0 Å². The summed E-state index contributed by atoms with van der Waals surface area (Å²) in [4.78, 5) is 28.8. The molecule has 1 saturated heterocycles. The summed E-state index contributed by atoms with van der Waals surface area (Å²) in [7, 11) is 0. The predicted molar refractivity (Wildman–Crippen MR) is 74.2 cm³/mol. The van der Waals surface area contributed by atoms with Crippen LogP contribution in [0.15, 0.2) is 0 Å². The van der Waals surface area contributed by atoms with E-state index in [2.05, 4.69) is 13.8 Å². The highest BCUT2D eigenvalue weighted by Gasteiger charge is 2.32. The van der Waals surface area contributed by atoms with Crippen LogP contribution in [-0.4, -0.2) is 23.0 Å². The summed E-state index contributed by atoms with van der Waals surface area (Å²) in [6, 6.07) is 0. The molecule has 4 heteroatoms. The number of carbonyl (C=O) groups is 2. The van der Waals surface area contributed by atoms with Gasteiger partial charge in [-0.25, -0.2) is 0 Å². The number of hydrogen-bond acceptors (Lipinski definition) is 3. The minimum atomic E-state index is -0.180. The molecule has 0 N–H and O–H groups in total. The third kappa shape index (κ3) is 5.72. The summed E-state index contributed by atoms with van der Waals surface area (Å²) < 4.78 is 0. The molecular weight excluding hydrogens is 242 g/mol. The largest absolute Gasteiger partial charge is 0.272 e. The summed E-state index contributed by atoms with van der Waals surface area (Å²) >= 11 is 0. The number of unbranched alkanes of at least 4 members (excludes halogenated alkanes) is 4. The van der Waals surface area contributed by atoms with Gasteiger partial charge < -0.3 is 0 Å². The minimum Gasteiger partial charge on any atom is -0.272 e. The average Bonchev–Trinajstić information content (AvgIpc) is 2.70. The number of carbonyl (C=O) groups excluding carboxylic acids is 2. The van der Waals surface area contributed by atoms with Gasteiger partial charge in [0, 0.05) is 12.8 Å². The topological polar surface area (TPSA) is 46.6 Å². The summed E-state index contributed by atoms with van der Waals surface area (Å²) in [5, 5.41) is 1.02. The zero-order valence-electron chi connectivity index (χ0n) is 12.3. The molecule has 4 nitrogen and oxygen atoms in total. The van der Waals surface area contributed by atoms with Crippen LogP contribution in [0.3, 0.4) is 0 Å². The Bertz CT molecular complexity index is 265. The highest BCUT2D eigenvalue weighted by atomic mass is 16.7. The summed E-state index contributed by atoms with van der Waals surface area (Å²) in [5.74, 6) is -0.359. The van der Waals surface area contributed by atoms with Gasteiger partial charge in [-0.05, 0) is 12.8 Å². The first-order chi connectivity index (χ1) is 9.19. The van der Waals surface area contributed by atoms with E-state index in [1.165, 1.54) is 25.7 Å². The first-order valence-corrected chi connectivity index (χ1v) is 7.71. The molecule has 110 valence electrons. The van der Waals surface area contributed by atoms with E-state index in [1.54, 1.807) is 0 Å². The molecule has 0 bridgehead atoms. The molecule has 19 heavy (non-hydrogen) atoms. The Morgan fingerprint density at radius 2 is 1.42 bits per heavy atom. The lowest BCUT2D eigenvalue weighted by atomic mass is 10.0. The van der Waals surface area contributed by atoms with Gasteiger partial charge in [0.25, 0.3) is 11.8 Å². The normalized spacial score (nSPS) is 15.8. The van der Waals surface area contributed by atoms with Gasteiger partial charge >= 0.3 is 0 Å². The van der Waals surface area contributed by atoms with Gasteiger partial charge in [-0.1, -0.05) is 52.4 Å². The molecule has 0 atom stereocenters. The highest BCUT2D eigenvalue weighted by Crippen LogP contribution is 2.20. The van der Waals surface area contributed by atoms with Crippen molar-refractivity contribution in [2.24, 2.45) is 0 Å². The SMILES string of the molecule is CCCCCC(CCCCC)ON1C(=O)CCC1=O. The zero-order chi connectivity index (χ0) is 14.1. The van der Waals surface area contributed by atoms with Gasteiger partial charge in [0.15, 0.2) is 0 Å². The number of nitrogens with zero attached hydrogens (tertiary/aromatic N) is 1. The van der Waals surface area contributed by atoms with E-state index in [-0.39, 0.29) is 17.9 Å². The molecule has 0 radical (unpaired) electrons. The van der Waals surface area contributed by atoms with Gasteiger partial charge in [0.05, 0.1) is 6.10 Å². The lowest BCUT2D eigenvalue weighted by Gasteiger charge is -2.22. The molecule has 0 aliphatic carbocycles. The third-order valence-electron chi connectivity index (χ3n) is 3.52. The summed E-state index contributed by atoms with van der Waals surface area (Å²) in [6.45, 7) is 4.33. The Balaban J connectivity index is 2.42. The number of imide groups is 1. The summed E-state index contributed by atoms with van der Waals surface area (Å²) in [5.41, 5.74) is 0. The fourth-order valence-corrected chi connectivity index (χ4v) is 2.32. The average molecular weight is 269 g/mol. The molecule has 0 unspecified atom stereocenters. The van der Waals surface area contributed by atoms with E-state index in [9.17, 15) is 9.59 Å². The maximum absolute atomic E-state index is 11.6. The Morgan fingerprint density at radius 3 is 1.84 bits per heavy atom. The van der Waals surface area contributed by atoms with Gasteiger partial charge in [0.1, 0.15) is 0 Å². The second kappa shape index (κ2) is 9.08. The van der Waals surface area contributed by atoms with Crippen molar-refractivity contribution in [1.82, 2.24) is 5.06 Å². The molecular formula is C15H27NO3. The second-order valence-corrected chi connectivity index (χ2v) is 5.30. The lowest BCUT2D eigenvalue weighted by molar-refractivity contribution is -0.204. The van der Waals surface area contributed by atoms with Crippen LogP contribution < -0.4 is 0 Å². The van der Waals surface area contributed by atoms with Crippen LogP contribution in [0.25, 0.3) is 0 Å². The van der Waals surface area contributed by atoms with Crippen molar-refractivity contribution < 1.29 is 14.4 Å². The van der Waals surface area contributed by atoms with Crippen LogP contribution in [0.1, 0.15) is 78.1 Å². The monoisotopic (exact) mass is 269 g/mol. The molecule has 1 heterocycles. The van der Waals surface area contributed by atoms with Gasteiger partial charge in [-0.15, -0.1) is 0 Å². The highest BCUT2D eigenvalue weighted by molar-refractivity contribution is 6.00. The molecule has 0 aromatic rings. The van der Waals surface area contributed by atoms with Crippen molar-refractivity contribution in [3.05, 3.63) is 0 Å². The maximum Gasteiger partial charge on any atom is 0.254 e. The molecule has 0 spiro atoms. The van der Waals surface area contributed by atoms with Crippen LogP contribution in [0.4, 0.5) is 0 Å². The molecule has 0 aromatic heterocycles. The van der Waals surface area contributed by atoms with Crippen molar-refractivity contribution in [2.75, 3.05) is 0 Å². The number of amides is 2. The number of rotatable bonds is 10. The Labute approximate surface area is 116 Å². The van der Waals surface area contributed by atoms with E-state index < -0.39 is 0 Å². The van der Waals surface area contributed by atoms with Crippen LogP contribution >= 0.6 is 0 Å². The fourth-order valence-electron chi connectivity index (χ4n) is 2.32. The summed E-state index contributed by atoms with van der Waals surface area (Å²) in [6.07, 6.45) is 9.39.